The van der Waals surface area contributed by atoms with E-state index in [4.69, 9.17) is 4.74 Å². The van der Waals surface area contributed by atoms with Gasteiger partial charge < -0.3 is 4.74 Å². The van der Waals surface area contributed by atoms with Crippen LogP contribution in [0.3, 0.4) is 0 Å². The summed E-state index contributed by atoms with van der Waals surface area (Å²) in [6, 6.07) is 7.63. The largest absolute Gasteiger partial charge is 0.465 e. The molecule has 2 aliphatic heterocycles. The van der Waals surface area contributed by atoms with Crippen molar-refractivity contribution in [3.63, 3.8) is 0 Å². The lowest BCUT2D eigenvalue weighted by Crippen LogP contribution is -2.13. The first kappa shape index (κ1) is 11.9. The number of hydrogen-bond acceptors (Lipinski definition) is 4. The summed E-state index contributed by atoms with van der Waals surface area (Å²) in [4.78, 5) is 24.2. The van der Waals surface area contributed by atoms with E-state index >= 15 is 0 Å². The molecule has 96 valence electrons. The molecule has 19 heavy (non-hydrogen) atoms. The molecule has 0 radical (unpaired) electrons. The summed E-state index contributed by atoms with van der Waals surface area (Å²) < 4.78 is 7.34. The molecule has 2 aliphatic rings. The molecule has 0 aromatic heterocycles. The number of para-hydroxylation sites is 1. The zero-order valence-electron chi connectivity index (χ0n) is 10.5. The van der Waals surface area contributed by atoms with E-state index in [9.17, 15) is 9.59 Å². The molecule has 0 atom stereocenters. The van der Waals surface area contributed by atoms with Crippen molar-refractivity contribution in [1.82, 2.24) is 4.57 Å². The van der Waals surface area contributed by atoms with E-state index in [1.807, 2.05) is 29.6 Å². The highest BCUT2D eigenvalue weighted by molar-refractivity contribution is 7.16. The molecule has 0 amide bonds. The first-order valence-electron chi connectivity index (χ1n) is 5.75. The van der Waals surface area contributed by atoms with E-state index < -0.39 is 5.97 Å². The molecule has 4 nitrogen and oxygen atoms in total. The summed E-state index contributed by atoms with van der Waals surface area (Å²) >= 11 is 1.50. The van der Waals surface area contributed by atoms with Gasteiger partial charge in [-0.25, -0.2) is 4.79 Å². The van der Waals surface area contributed by atoms with Crippen molar-refractivity contribution < 1.29 is 9.53 Å². The van der Waals surface area contributed by atoms with Crippen LogP contribution < -0.4 is 5.56 Å². The predicted octanol–water partition coefficient (Wildman–Crippen LogP) is 2.59. The zero-order valence-corrected chi connectivity index (χ0v) is 11.3. The van der Waals surface area contributed by atoms with Crippen LogP contribution in [0.2, 0.25) is 0 Å². The number of carbonyl (C=O) groups excluding carboxylic acids is 1. The van der Waals surface area contributed by atoms with E-state index in [2.05, 4.69) is 0 Å². The van der Waals surface area contributed by atoms with Crippen LogP contribution in [0.1, 0.15) is 15.9 Å². The van der Waals surface area contributed by atoms with E-state index in [-0.39, 0.29) is 5.56 Å². The second-order valence-electron chi connectivity index (χ2n) is 4.22. The summed E-state index contributed by atoms with van der Waals surface area (Å²) in [5.41, 5.74) is 2.04. The minimum Gasteiger partial charge on any atom is -0.465 e. The van der Waals surface area contributed by atoms with Gasteiger partial charge in [0.15, 0.2) is 0 Å². The van der Waals surface area contributed by atoms with Gasteiger partial charge in [0, 0.05) is 10.9 Å². The maximum atomic E-state index is 12.3. The number of rotatable bonds is 1. The van der Waals surface area contributed by atoms with Gasteiger partial charge in [-0.05, 0) is 19.1 Å². The molecule has 1 aromatic rings. The van der Waals surface area contributed by atoms with Gasteiger partial charge in [-0.1, -0.05) is 12.1 Å². The lowest BCUT2D eigenvalue weighted by atomic mass is 10.2. The number of hydrogen-bond donors (Lipinski definition) is 0. The molecule has 0 fully saturated rings. The maximum absolute atomic E-state index is 12.3. The van der Waals surface area contributed by atoms with Gasteiger partial charge in [0.2, 0.25) is 0 Å². The minimum atomic E-state index is -0.473. The number of esters is 1. The zero-order chi connectivity index (χ0) is 13.6. The topological polar surface area (TPSA) is 48.3 Å². The molecule has 0 N–H and O–H groups in total. The number of methoxy groups -OCH3 is 1. The van der Waals surface area contributed by atoms with Gasteiger partial charge in [0.25, 0.3) is 5.56 Å². The van der Waals surface area contributed by atoms with Crippen molar-refractivity contribution in [1.29, 1.82) is 0 Å². The first-order valence-corrected chi connectivity index (χ1v) is 6.63. The molecule has 0 saturated carbocycles. The number of aromatic nitrogens is 1. The highest BCUT2D eigenvalue weighted by Crippen LogP contribution is 2.28. The van der Waals surface area contributed by atoms with E-state index in [0.29, 0.717) is 16.8 Å². The Labute approximate surface area is 113 Å². The molecule has 0 bridgehead atoms. The Bertz CT molecular complexity index is 815. The molecule has 0 saturated heterocycles. The van der Waals surface area contributed by atoms with Crippen LogP contribution >= 0.6 is 11.3 Å². The third kappa shape index (κ3) is 1.58. The first-order chi connectivity index (χ1) is 9.15. The Kier molecular flexibility index (Phi) is 2.64. The number of ether oxygens (including phenoxy) is 1. The second-order valence-corrected chi connectivity index (χ2v) is 5.13. The average molecular weight is 273 g/mol. The van der Waals surface area contributed by atoms with Crippen molar-refractivity contribution in [3.05, 3.63) is 51.1 Å². The van der Waals surface area contributed by atoms with Crippen molar-refractivity contribution >= 4 is 27.5 Å². The Morgan fingerprint density at radius 1 is 1.32 bits per heavy atom. The molecular weight excluding hydrogens is 262 g/mol. The highest BCUT2D eigenvalue weighted by Gasteiger charge is 2.25. The van der Waals surface area contributed by atoms with Crippen molar-refractivity contribution in [3.8, 4) is 5.69 Å². The minimum absolute atomic E-state index is 0.167. The van der Waals surface area contributed by atoms with Crippen LogP contribution in [0, 0.1) is 6.92 Å². The molecule has 5 heteroatoms. The lowest BCUT2D eigenvalue weighted by Gasteiger charge is -2.08. The molecule has 0 unspecified atom stereocenters. The van der Waals surface area contributed by atoms with Crippen LogP contribution in [0.25, 0.3) is 15.9 Å². The summed E-state index contributed by atoms with van der Waals surface area (Å²) in [5.74, 6) is -0.473. The quantitative estimate of drug-likeness (QED) is 0.640. The van der Waals surface area contributed by atoms with E-state index in [0.717, 1.165) is 10.2 Å². The molecule has 3 rings (SSSR count). The number of carbonyl (C=O) groups is 1. The second kappa shape index (κ2) is 4.20. The van der Waals surface area contributed by atoms with Gasteiger partial charge in [-0.15, -0.1) is 11.3 Å². The third-order valence-electron chi connectivity index (χ3n) is 3.19. The Hall–Kier alpha value is -2.14. The number of nitrogens with zero attached hydrogens (tertiary/aromatic N) is 1. The maximum Gasteiger partial charge on any atom is 0.340 e. The molecule has 0 aliphatic carbocycles. The van der Waals surface area contributed by atoms with Gasteiger partial charge in [0.05, 0.1) is 28.6 Å². The molecule has 2 heterocycles. The van der Waals surface area contributed by atoms with Crippen LogP contribution in [-0.4, -0.2) is 17.6 Å². The molecule has 1 aromatic carbocycles. The Balaban J connectivity index is 2.49. The summed E-state index contributed by atoms with van der Waals surface area (Å²) in [5, 5.41) is 1.82. The fraction of sp³-hybridized carbons (Fsp3) is 0.143. The number of fused-ring (bicyclic) bond motifs is 3. The van der Waals surface area contributed by atoms with Gasteiger partial charge in [-0.3, -0.25) is 9.36 Å². The predicted molar refractivity (Wildman–Crippen MR) is 74.7 cm³/mol. The standard InChI is InChI=1S/C14H11NO3S/c1-8-12(14(17)18-2)10-7-19-11-6-4-3-5-9(11)15(10)13(8)16/h3-7H,1-2H3. The van der Waals surface area contributed by atoms with Gasteiger partial charge >= 0.3 is 5.97 Å². The summed E-state index contributed by atoms with van der Waals surface area (Å²) in [6.45, 7) is 1.65. The van der Waals surface area contributed by atoms with Crippen LogP contribution in [-0.2, 0) is 4.74 Å². The van der Waals surface area contributed by atoms with Gasteiger partial charge in [0.1, 0.15) is 0 Å². The fourth-order valence-corrected chi connectivity index (χ4v) is 3.16. The average Bonchev–Trinajstić information content (AvgIpc) is 2.70. The van der Waals surface area contributed by atoms with Crippen molar-refractivity contribution in [2.75, 3.05) is 7.11 Å². The third-order valence-corrected chi connectivity index (χ3v) is 4.13. The van der Waals surface area contributed by atoms with Crippen molar-refractivity contribution in [2.45, 2.75) is 6.92 Å². The normalized spacial score (nSPS) is 11.1. The lowest BCUT2D eigenvalue weighted by molar-refractivity contribution is 0.0601. The SMILES string of the molecule is COC(=O)c1c2csc3ccccc3n-2c(=O)c1C. The van der Waals surface area contributed by atoms with E-state index in [1.165, 1.54) is 18.4 Å². The highest BCUT2D eigenvalue weighted by atomic mass is 32.1. The van der Waals surface area contributed by atoms with E-state index in [1.54, 1.807) is 11.5 Å². The fourth-order valence-electron chi connectivity index (χ4n) is 2.26. The summed E-state index contributed by atoms with van der Waals surface area (Å²) in [6.07, 6.45) is 0. The van der Waals surface area contributed by atoms with Crippen LogP contribution in [0.4, 0.5) is 0 Å². The smallest absolute Gasteiger partial charge is 0.340 e. The van der Waals surface area contributed by atoms with Crippen molar-refractivity contribution in [2.24, 2.45) is 0 Å². The monoisotopic (exact) mass is 273 g/mol. The van der Waals surface area contributed by atoms with Crippen LogP contribution in [0.15, 0.2) is 34.4 Å². The van der Waals surface area contributed by atoms with Crippen LogP contribution in [0.5, 0.6) is 0 Å². The Morgan fingerprint density at radius 3 is 2.79 bits per heavy atom. The Morgan fingerprint density at radius 2 is 2.05 bits per heavy atom. The molecule has 0 spiro atoms. The summed E-state index contributed by atoms with van der Waals surface area (Å²) in [7, 11) is 1.32. The van der Waals surface area contributed by atoms with Gasteiger partial charge in [-0.2, -0.15) is 0 Å². The number of benzene rings is 1. The molecular formula is C14H11NO3S.